The van der Waals surface area contributed by atoms with Gasteiger partial charge in [0.15, 0.2) is 16.6 Å². The summed E-state index contributed by atoms with van der Waals surface area (Å²) in [7, 11) is 1.60. The first-order valence-corrected chi connectivity index (χ1v) is 11.0. The van der Waals surface area contributed by atoms with Gasteiger partial charge >= 0.3 is 0 Å². The summed E-state index contributed by atoms with van der Waals surface area (Å²) in [4.78, 5) is 13.2. The standard InChI is InChI=1S/C26H25N3O3S/c1-17-23(25(30)28-20-11-7-4-8-12-20)24(29-26(33)27-17)19-13-14-21(31-2)22(15-19)32-16-18-9-5-3-6-10-18/h3-15,24H,16H2,1-2H3,(H,28,30)(H2,27,29,33)/t24-/m0/s1. The second-order valence-corrected chi connectivity index (χ2v) is 7.98. The van der Waals surface area contributed by atoms with Crippen LogP contribution in [-0.2, 0) is 11.4 Å². The quantitative estimate of drug-likeness (QED) is 0.445. The Bertz CT molecular complexity index is 1180. The van der Waals surface area contributed by atoms with E-state index in [4.69, 9.17) is 21.7 Å². The number of amides is 1. The molecule has 1 aliphatic rings. The summed E-state index contributed by atoms with van der Waals surface area (Å²) >= 11 is 5.38. The van der Waals surface area contributed by atoms with Crippen molar-refractivity contribution in [2.75, 3.05) is 12.4 Å². The fourth-order valence-corrected chi connectivity index (χ4v) is 3.96. The fraction of sp³-hybridized carbons (Fsp3) is 0.154. The van der Waals surface area contributed by atoms with Gasteiger partial charge in [0.05, 0.1) is 18.7 Å². The first kappa shape index (κ1) is 22.4. The third-order valence-electron chi connectivity index (χ3n) is 5.30. The maximum Gasteiger partial charge on any atom is 0.255 e. The van der Waals surface area contributed by atoms with Crippen molar-refractivity contribution in [1.29, 1.82) is 0 Å². The zero-order chi connectivity index (χ0) is 23.2. The molecule has 3 aromatic rings. The zero-order valence-electron chi connectivity index (χ0n) is 18.4. The molecule has 3 aromatic carbocycles. The van der Waals surface area contributed by atoms with Crippen molar-refractivity contribution < 1.29 is 14.3 Å². The Morgan fingerprint density at radius 3 is 2.39 bits per heavy atom. The van der Waals surface area contributed by atoms with Crippen LogP contribution in [0.25, 0.3) is 0 Å². The summed E-state index contributed by atoms with van der Waals surface area (Å²) in [5.74, 6) is 0.988. The van der Waals surface area contributed by atoms with Crippen LogP contribution in [0.2, 0.25) is 0 Å². The second kappa shape index (κ2) is 10.2. The molecule has 0 saturated heterocycles. The number of thiocarbonyl (C=S) groups is 1. The van der Waals surface area contributed by atoms with Crippen LogP contribution in [-0.4, -0.2) is 18.1 Å². The Labute approximate surface area is 198 Å². The van der Waals surface area contributed by atoms with Crippen LogP contribution >= 0.6 is 12.2 Å². The molecule has 1 heterocycles. The van der Waals surface area contributed by atoms with Gasteiger partial charge in [0.25, 0.3) is 5.91 Å². The van der Waals surface area contributed by atoms with E-state index in [1.165, 1.54) is 0 Å². The normalized spacial score (nSPS) is 15.3. The number of rotatable bonds is 7. The lowest BCUT2D eigenvalue weighted by Gasteiger charge is -2.30. The van der Waals surface area contributed by atoms with E-state index in [1.807, 2.05) is 85.8 Å². The first-order chi connectivity index (χ1) is 16.0. The van der Waals surface area contributed by atoms with Crippen LogP contribution in [0.5, 0.6) is 11.5 Å². The van der Waals surface area contributed by atoms with E-state index >= 15 is 0 Å². The summed E-state index contributed by atoms with van der Waals surface area (Å²) in [6, 6.07) is 24.4. The van der Waals surface area contributed by atoms with Crippen molar-refractivity contribution in [3.63, 3.8) is 0 Å². The topological polar surface area (TPSA) is 71.6 Å². The molecule has 7 heteroatoms. The largest absolute Gasteiger partial charge is 0.493 e. The molecule has 0 saturated carbocycles. The molecule has 1 atom stereocenters. The van der Waals surface area contributed by atoms with Crippen LogP contribution in [0.1, 0.15) is 24.1 Å². The van der Waals surface area contributed by atoms with Crippen LogP contribution in [0.4, 0.5) is 5.69 Å². The number of methoxy groups -OCH3 is 1. The Morgan fingerprint density at radius 1 is 1.00 bits per heavy atom. The summed E-state index contributed by atoms with van der Waals surface area (Å²) < 4.78 is 11.6. The van der Waals surface area contributed by atoms with Crippen molar-refractivity contribution >= 4 is 28.9 Å². The molecule has 168 valence electrons. The summed E-state index contributed by atoms with van der Waals surface area (Å²) in [6.07, 6.45) is 0. The maximum absolute atomic E-state index is 13.2. The first-order valence-electron chi connectivity index (χ1n) is 10.5. The molecular weight excluding hydrogens is 434 g/mol. The van der Waals surface area contributed by atoms with Crippen molar-refractivity contribution in [3.05, 3.63) is 101 Å². The summed E-state index contributed by atoms with van der Waals surface area (Å²) in [5, 5.41) is 9.71. The number of allylic oxidation sites excluding steroid dienone is 1. The van der Waals surface area contributed by atoms with Gasteiger partial charge in [-0.1, -0.05) is 54.6 Å². The Hall–Kier alpha value is -3.84. The number of nitrogens with one attached hydrogen (secondary N) is 3. The highest BCUT2D eigenvalue weighted by molar-refractivity contribution is 7.80. The SMILES string of the molecule is COc1ccc([C@@H]2NC(=S)NC(C)=C2C(=O)Nc2ccccc2)cc1OCc1ccccc1. The molecule has 1 aliphatic heterocycles. The molecule has 33 heavy (non-hydrogen) atoms. The van der Waals surface area contributed by atoms with Gasteiger partial charge in [0.2, 0.25) is 0 Å². The number of carbonyl (C=O) groups is 1. The second-order valence-electron chi connectivity index (χ2n) is 7.57. The maximum atomic E-state index is 13.2. The molecule has 6 nitrogen and oxygen atoms in total. The van der Waals surface area contributed by atoms with Gasteiger partial charge in [-0.2, -0.15) is 0 Å². The van der Waals surface area contributed by atoms with Gasteiger partial charge in [-0.05, 0) is 54.5 Å². The highest BCUT2D eigenvalue weighted by Gasteiger charge is 2.30. The molecular formula is C26H25N3O3S. The predicted molar refractivity (Wildman–Crippen MR) is 133 cm³/mol. The van der Waals surface area contributed by atoms with Crippen molar-refractivity contribution in [1.82, 2.24) is 10.6 Å². The van der Waals surface area contributed by atoms with E-state index in [9.17, 15) is 4.79 Å². The molecule has 4 rings (SSSR count). The predicted octanol–water partition coefficient (Wildman–Crippen LogP) is 4.71. The van der Waals surface area contributed by atoms with E-state index in [0.29, 0.717) is 34.5 Å². The van der Waals surface area contributed by atoms with Gasteiger partial charge in [-0.15, -0.1) is 0 Å². The number of para-hydroxylation sites is 1. The number of carbonyl (C=O) groups excluding carboxylic acids is 1. The molecule has 0 fully saturated rings. The van der Waals surface area contributed by atoms with Gasteiger partial charge in [-0.3, -0.25) is 4.79 Å². The zero-order valence-corrected chi connectivity index (χ0v) is 19.2. The lowest BCUT2D eigenvalue weighted by Crippen LogP contribution is -2.45. The van der Waals surface area contributed by atoms with Crippen LogP contribution in [0.3, 0.4) is 0 Å². The lowest BCUT2D eigenvalue weighted by molar-refractivity contribution is -0.113. The minimum atomic E-state index is -0.451. The van der Waals surface area contributed by atoms with Crippen LogP contribution in [0.15, 0.2) is 90.1 Å². The molecule has 0 bridgehead atoms. The number of hydrogen-bond donors (Lipinski definition) is 3. The van der Waals surface area contributed by atoms with E-state index in [0.717, 1.165) is 16.8 Å². The van der Waals surface area contributed by atoms with Gasteiger partial charge < -0.3 is 25.4 Å². The fourth-order valence-electron chi connectivity index (χ4n) is 3.69. The lowest BCUT2D eigenvalue weighted by atomic mass is 9.94. The molecule has 0 spiro atoms. The monoisotopic (exact) mass is 459 g/mol. The average Bonchev–Trinajstić information content (AvgIpc) is 2.83. The van der Waals surface area contributed by atoms with Gasteiger partial charge in [-0.25, -0.2) is 0 Å². The third-order valence-corrected chi connectivity index (χ3v) is 5.52. The highest BCUT2D eigenvalue weighted by Crippen LogP contribution is 2.35. The Balaban J connectivity index is 1.64. The number of benzene rings is 3. The van der Waals surface area contributed by atoms with Gasteiger partial charge in [0, 0.05) is 11.4 Å². The van der Waals surface area contributed by atoms with Crippen molar-refractivity contribution in [3.8, 4) is 11.5 Å². The molecule has 0 aromatic heterocycles. The van der Waals surface area contributed by atoms with Gasteiger partial charge in [0.1, 0.15) is 6.61 Å². The van der Waals surface area contributed by atoms with Crippen molar-refractivity contribution in [2.45, 2.75) is 19.6 Å². The molecule has 3 N–H and O–H groups in total. The minimum Gasteiger partial charge on any atom is -0.493 e. The van der Waals surface area contributed by atoms with Crippen LogP contribution < -0.4 is 25.4 Å². The average molecular weight is 460 g/mol. The highest BCUT2D eigenvalue weighted by atomic mass is 32.1. The molecule has 1 amide bonds. The Morgan fingerprint density at radius 2 is 1.70 bits per heavy atom. The number of hydrogen-bond acceptors (Lipinski definition) is 4. The van der Waals surface area contributed by atoms with Crippen molar-refractivity contribution in [2.24, 2.45) is 0 Å². The number of anilines is 1. The molecule has 0 aliphatic carbocycles. The van der Waals surface area contributed by atoms with E-state index < -0.39 is 6.04 Å². The smallest absolute Gasteiger partial charge is 0.255 e. The van der Waals surface area contributed by atoms with E-state index in [-0.39, 0.29) is 5.91 Å². The van der Waals surface area contributed by atoms with E-state index in [1.54, 1.807) is 7.11 Å². The third kappa shape index (κ3) is 5.32. The minimum absolute atomic E-state index is 0.214. The van der Waals surface area contributed by atoms with E-state index in [2.05, 4.69) is 16.0 Å². The molecule has 0 radical (unpaired) electrons. The summed E-state index contributed by atoms with van der Waals surface area (Å²) in [6.45, 7) is 2.24. The Kier molecular flexibility index (Phi) is 6.90. The number of ether oxygens (including phenoxy) is 2. The van der Waals surface area contributed by atoms with Crippen LogP contribution in [0, 0.1) is 0 Å². The summed E-state index contributed by atoms with van der Waals surface area (Å²) in [5.41, 5.74) is 3.84. The molecule has 0 unspecified atom stereocenters.